The van der Waals surface area contributed by atoms with Crippen LogP contribution in [0, 0.1) is 13.8 Å². The summed E-state index contributed by atoms with van der Waals surface area (Å²) in [5.74, 6) is 0.0553. The molecule has 1 aromatic rings. The Morgan fingerprint density at radius 1 is 1.30 bits per heavy atom. The lowest BCUT2D eigenvalue weighted by Crippen LogP contribution is -2.53. The molecule has 0 aromatic heterocycles. The predicted octanol–water partition coefficient (Wildman–Crippen LogP) is 2.84. The van der Waals surface area contributed by atoms with Crippen molar-refractivity contribution in [2.45, 2.75) is 32.2 Å². The van der Waals surface area contributed by atoms with Crippen molar-refractivity contribution in [3.8, 4) is 0 Å². The normalized spacial score (nSPS) is 19.1. The van der Waals surface area contributed by atoms with E-state index in [1.54, 1.807) is 7.11 Å². The summed E-state index contributed by atoms with van der Waals surface area (Å²) in [6.45, 7) is 8.45. The molecule has 0 bridgehead atoms. The van der Waals surface area contributed by atoms with Crippen molar-refractivity contribution >= 4 is 17.6 Å². The molecule has 0 saturated carbocycles. The zero-order valence-corrected chi connectivity index (χ0v) is 15.8. The Hall–Kier alpha value is -2.64. The molecule has 27 heavy (non-hydrogen) atoms. The second kappa shape index (κ2) is 7.54. The summed E-state index contributed by atoms with van der Waals surface area (Å²) < 4.78 is 10.3. The van der Waals surface area contributed by atoms with Crippen LogP contribution in [0.2, 0.25) is 0 Å². The minimum Gasteiger partial charge on any atom is -0.403 e. The molecule has 7 nitrogen and oxygen atoms in total. The largest absolute Gasteiger partial charge is 0.518 e. The smallest absolute Gasteiger partial charge is 0.403 e. The molecular formula is C20H24N2O5. The molecule has 3 rings (SSSR count). The Balaban J connectivity index is 2.09. The number of rotatable bonds is 4. The number of ether oxygens (including phenoxy) is 2. The zero-order valence-electron chi connectivity index (χ0n) is 15.8. The molecule has 1 fully saturated rings. The van der Waals surface area contributed by atoms with Crippen LogP contribution in [-0.4, -0.2) is 42.9 Å². The van der Waals surface area contributed by atoms with Gasteiger partial charge in [-0.2, -0.15) is 5.06 Å². The Morgan fingerprint density at radius 3 is 2.63 bits per heavy atom. The standard InChI is InChI=1S/C20H24N2O5/c1-5-26-19(24)27-17-16(15-12-13(2)6-7-14(15)3)18(23)21-20(17)8-10-22(25-4)11-9-20/h5-7,12H,1,8-11H2,2-4H3,(H,21,23). The van der Waals surface area contributed by atoms with Crippen molar-refractivity contribution in [1.29, 1.82) is 0 Å². The molecule has 0 aliphatic carbocycles. The fraction of sp³-hybridized carbons (Fsp3) is 0.400. The highest BCUT2D eigenvalue weighted by Gasteiger charge is 2.50. The van der Waals surface area contributed by atoms with Crippen LogP contribution in [0.4, 0.5) is 4.79 Å². The van der Waals surface area contributed by atoms with E-state index in [-0.39, 0.29) is 5.91 Å². The summed E-state index contributed by atoms with van der Waals surface area (Å²) >= 11 is 0. The molecule has 2 heterocycles. The minimum atomic E-state index is -0.909. The summed E-state index contributed by atoms with van der Waals surface area (Å²) in [5, 5.41) is 4.87. The van der Waals surface area contributed by atoms with Gasteiger partial charge in [0.1, 0.15) is 5.54 Å². The Morgan fingerprint density at radius 2 is 2.00 bits per heavy atom. The van der Waals surface area contributed by atoms with Crippen molar-refractivity contribution in [1.82, 2.24) is 10.4 Å². The van der Waals surface area contributed by atoms with Crippen LogP contribution < -0.4 is 5.32 Å². The fourth-order valence-corrected chi connectivity index (χ4v) is 3.66. The van der Waals surface area contributed by atoms with E-state index in [0.717, 1.165) is 23.0 Å². The third kappa shape index (κ3) is 3.61. The fourth-order valence-electron chi connectivity index (χ4n) is 3.66. The maximum absolute atomic E-state index is 12.9. The number of carbonyl (C=O) groups is 2. The van der Waals surface area contributed by atoms with Gasteiger partial charge in [-0.25, -0.2) is 4.79 Å². The van der Waals surface area contributed by atoms with Crippen LogP contribution in [0.5, 0.6) is 0 Å². The second-order valence-electron chi connectivity index (χ2n) is 6.81. The van der Waals surface area contributed by atoms with Crippen molar-refractivity contribution in [2.75, 3.05) is 20.2 Å². The molecule has 0 unspecified atom stereocenters. The van der Waals surface area contributed by atoms with E-state index in [1.165, 1.54) is 0 Å². The van der Waals surface area contributed by atoms with E-state index in [2.05, 4.69) is 11.9 Å². The molecule has 2 aliphatic rings. The first kappa shape index (κ1) is 19.1. The van der Waals surface area contributed by atoms with Crippen LogP contribution in [0.25, 0.3) is 5.57 Å². The van der Waals surface area contributed by atoms with Crippen molar-refractivity contribution in [3.63, 3.8) is 0 Å². The average Bonchev–Trinajstić information content (AvgIpc) is 2.89. The molecule has 0 radical (unpaired) electrons. The van der Waals surface area contributed by atoms with Gasteiger partial charge in [-0.15, -0.1) is 0 Å². The molecule has 0 atom stereocenters. The molecule has 1 saturated heterocycles. The summed E-state index contributed by atoms with van der Waals surface area (Å²) in [5.41, 5.74) is 2.30. The quantitative estimate of drug-likeness (QED) is 0.647. The Labute approximate surface area is 158 Å². The molecule has 144 valence electrons. The van der Waals surface area contributed by atoms with Crippen LogP contribution in [-0.2, 0) is 19.1 Å². The number of nitrogens with zero attached hydrogens (tertiary/aromatic N) is 1. The maximum atomic E-state index is 12.9. The second-order valence-corrected chi connectivity index (χ2v) is 6.81. The highest BCUT2D eigenvalue weighted by Crippen LogP contribution is 2.41. The van der Waals surface area contributed by atoms with Gasteiger partial charge in [0.05, 0.1) is 18.9 Å². The average molecular weight is 372 g/mol. The summed E-state index contributed by atoms with van der Waals surface area (Å²) in [6, 6.07) is 5.85. The van der Waals surface area contributed by atoms with E-state index in [9.17, 15) is 9.59 Å². The van der Waals surface area contributed by atoms with Crippen molar-refractivity contribution in [3.05, 3.63) is 53.5 Å². The number of benzene rings is 1. The van der Waals surface area contributed by atoms with Gasteiger partial charge in [0.15, 0.2) is 5.76 Å². The van der Waals surface area contributed by atoms with Crippen molar-refractivity contribution < 1.29 is 23.9 Å². The lowest BCUT2D eigenvalue weighted by atomic mass is 9.85. The Bertz CT molecular complexity index is 807. The first-order chi connectivity index (χ1) is 12.9. The number of hydrogen-bond donors (Lipinski definition) is 1. The first-order valence-corrected chi connectivity index (χ1v) is 8.83. The minimum absolute atomic E-state index is 0.254. The number of hydroxylamine groups is 2. The Kier molecular flexibility index (Phi) is 5.34. The predicted molar refractivity (Wildman–Crippen MR) is 99.3 cm³/mol. The summed E-state index contributed by atoms with van der Waals surface area (Å²) in [4.78, 5) is 30.3. The van der Waals surface area contributed by atoms with Crippen LogP contribution >= 0.6 is 0 Å². The number of carbonyl (C=O) groups excluding carboxylic acids is 2. The molecule has 7 heteroatoms. The number of piperidine rings is 1. The van der Waals surface area contributed by atoms with Crippen LogP contribution in [0.15, 0.2) is 36.8 Å². The molecule has 1 amide bonds. The number of aryl methyl sites for hydroxylation is 2. The summed E-state index contributed by atoms with van der Waals surface area (Å²) in [7, 11) is 1.61. The van der Waals surface area contributed by atoms with E-state index < -0.39 is 11.7 Å². The number of hydrogen-bond acceptors (Lipinski definition) is 6. The van der Waals surface area contributed by atoms with Gasteiger partial charge in [-0.05, 0) is 37.8 Å². The molecule has 1 N–H and O–H groups in total. The third-order valence-corrected chi connectivity index (χ3v) is 5.10. The van der Waals surface area contributed by atoms with Gasteiger partial charge in [-0.1, -0.05) is 30.3 Å². The van der Waals surface area contributed by atoms with Crippen LogP contribution in [0.1, 0.15) is 29.5 Å². The van der Waals surface area contributed by atoms with E-state index in [0.29, 0.717) is 37.3 Å². The topological polar surface area (TPSA) is 77.1 Å². The summed E-state index contributed by atoms with van der Waals surface area (Å²) in [6.07, 6.45) is 1.20. The van der Waals surface area contributed by atoms with Gasteiger partial charge < -0.3 is 19.6 Å². The van der Waals surface area contributed by atoms with E-state index >= 15 is 0 Å². The van der Waals surface area contributed by atoms with Gasteiger partial charge in [0.2, 0.25) is 0 Å². The molecule has 1 spiro atoms. The zero-order chi connectivity index (χ0) is 19.6. The first-order valence-electron chi connectivity index (χ1n) is 8.83. The van der Waals surface area contributed by atoms with Crippen molar-refractivity contribution in [2.24, 2.45) is 0 Å². The van der Waals surface area contributed by atoms with Gasteiger partial charge in [0.25, 0.3) is 5.91 Å². The SMILES string of the molecule is C=COC(=O)OC1=C(c2cc(C)ccc2C)C(=O)NC12CCN(OC)CC2. The molecule has 1 aromatic carbocycles. The highest BCUT2D eigenvalue weighted by atomic mass is 16.7. The number of amides is 1. The van der Waals surface area contributed by atoms with Gasteiger partial charge in [0, 0.05) is 13.1 Å². The monoisotopic (exact) mass is 372 g/mol. The lowest BCUT2D eigenvalue weighted by Gasteiger charge is -2.38. The lowest BCUT2D eigenvalue weighted by molar-refractivity contribution is -0.152. The molecular weight excluding hydrogens is 348 g/mol. The number of nitrogens with one attached hydrogen (secondary N) is 1. The van der Waals surface area contributed by atoms with Gasteiger partial charge in [-0.3, -0.25) is 4.79 Å². The molecule has 2 aliphatic heterocycles. The van der Waals surface area contributed by atoms with Crippen LogP contribution in [0.3, 0.4) is 0 Å². The van der Waals surface area contributed by atoms with E-state index in [4.69, 9.17) is 14.3 Å². The third-order valence-electron chi connectivity index (χ3n) is 5.10. The van der Waals surface area contributed by atoms with Gasteiger partial charge >= 0.3 is 6.16 Å². The maximum Gasteiger partial charge on any atom is 0.518 e. The van der Waals surface area contributed by atoms with E-state index in [1.807, 2.05) is 37.1 Å². The highest BCUT2D eigenvalue weighted by molar-refractivity contribution is 6.23.